The Morgan fingerprint density at radius 3 is 1.48 bits per heavy atom. The molecule has 0 fully saturated rings. The van der Waals surface area contributed by atoms with Crippen LogP contribution in [0.3, 0.4) is 0 Å². The van der Waals surface area contributed by atoms with Crippen molar-refractivity contribution in [1.29, 1.82) is 11.1 Å². The third-order valence-electron chi connectivity index (χ3n) is 5.84. The number of nitrogens with two attached hydrogens (primary N) is 1. The zero-order valence-corrected chi connectivity index (χ0v) is 26.8. The van der Waals surface area contributed by atoms with E-state index >= 15 is 0 Å². The maximum atomic E-state index is 12.2. The van der Waals surface area contributed by atoms with Gasteiger partial charge in [0.1, 0.15) is 11.5 Å². The summed E-state index contributed by atoms with van der Waals surface area (Å²) in [6, 6.07) is 20.2. The fraction of sp³-hybridized carbons (Fsp3) is 0.312. The Kier molecular flexibility index (Phi) is 21.0. The molecule has 5 N–H and O–H groups in total. The molecule has 0 saturated carbocycles. The Balaban J connectivity index is 0. The minimum atomic E-state index is -0.405. The summed E-state index contributed by atoms with van der Waals surface area (Å²) in [5.41, 5.74) is 17.2. The van der Waals surface area contributed by atoms with Crippen LogP contribution in [-0.2, 0) is 9.47 Å². The first-order chi connectivity index (χ1) is 21.8. The number of hydrogen-bond donors (Lipinski definition) is 4. The van der Waals surface area contributed by atoms with Gasteiger partial charge in [0.25, 0.3) is 11.8 Å². The fourth-order valence-corrected chi connectivity index (χ4v) is 3.74. The Morgan fingerprint density at radius 1 is 0.761 bits per heavy atom. The van der Waals surface area contributed by atoms with E-state index in [2.05, 4.69) is 9.47 Å². The summed E-state index contributed by atoms with van der Waals surface area (Å²) >= 11 is 0. The van der Waals surface area contributed by atoms with Crippen LogP contribution in [0.15, 0.2) is 72.8 Å². The average Bonchev–Trinajstić information content (AvgIpc) is 3.33. The third-order valence-corrected chi connectivity index (χ3v) is 5.84. The first kappa shape index (κ1) is 41.1. The molecule has 0 atom stereocenters. The highest BCUT2D eigenvalue weighted by Crippen LogP contribution is 2.22. The molecule has 0 aromatic heterocycles. The van der Waals surface area contributed by atoms with Gasteiger partial charge in [-0.25, -0.2) is 20.7 Å². The molecule has 1 aliphatic rings. The standard InChI is InChI=1S/C19H17NO5.C11H15NO3.C2H6O.ClH.H2N2.H2/c1-24-19(23)13-7-9-14(10-8-13)25-12-4-11-20-17(21)15-5-2-3-6-16(15)18(20)22;1-14-11(13)9-3-5-10(6-4-9)15-8-2-7-12;1-2-3;;1-2;/h2-3,5-10H,4,11-12H2,1H3;3-6H,2,7-8,12H2,1H3;3H,2H2,1H3;1H;1-2H;1H. The second-order valence-electron chi connectivity index (χ2n) is 8.85. The Hall–Kier alpha value is -4.85. The number of aliphatic hydroxyl groups excluding tert-OH is 1. The number of fused-ring (bicyclic) bond motifs is 1. The molecule has 0 aliphatic carbocycles. The number of benzene rings is 3. The van der Waals surface area contributed by atoms with Gasteiger partial charge in [0.05, 0.1) is 49.7 Å². The van der Waals surface area contributed by atoms with Crippen molar-refractivity contribution in [2.75, 3.05) is 47.1 Å². The van der Waals surface area contributed by atoms with Crippen molar-refractivity contribution in [3.63, 3.8) is 0 Å². The van der Waals surface area contributed by atoms with Gasteiger partial charge in [-0.05, 0) is 87.0 Å². The molecule has 1 heterocycles. The second-order valence-corrected chi connectivity index (χ2v) is 8.85. The lowest BCUT2D eigenvalue weighted by Crippen LogP contribution is -2.31. The second kappa shape index (κ2) is 23.5. The van der Waals surface area contributed by atoms with Crippen LogP contribution >= 0.6 is 12.4 Å². The number of rotatable bonds is 11. The predicted octanol–water partition coefficient (Wildman–Crippen LogP) is 5.00. The summed E-state index contributed by atoms with van der Waals surface area (Å²) in [5, 5.41) is 7.57. The zero-order valence-electron chi connectivity index (χ0n) is 26.0. The highest BCUT2D eigenvalue weighted by molar-refractivity contribution is 6.21. The first-order valence-electron chi connectivity index (χ1n) is 13.9. The minimum Gasteiger partial charge on any atom is -0.494 e. The van der Waals surface area contributed by atoms with Gasteiger partial charge < -0.3 is 29.8 Å². The van der Waals surface area contributed by atoms with Crippen LogP contribution in [0.2, 0.25) is 0 Å². The van der Waals surface area contributed by atoms with Crippen LogP contribution in [0.1, 0.15) is 62.6 Å². The number of imide groups is 1. The van der Waals surface area contributed by atoms with Crippen molar-refractivity contribution in [1.82, 2.24) is 4.90 Å². The number of methoxy groups -OCH3 is 2. The number of nitrogens with one attached hydrogen (secondary N) is 2. The van der Waals surface area contributed by atoms with E-state index in [4.69, 9.17) is 31.4 Å². The minimum absolute atomic E-state index is 0. The largest absolute Gasteiger partial charge is 0.494 e. The number of ether oxygens (including phenoxy) is 4. The molecule has 252 valence electrons. The van der Waals surface area contributed by atoms with Gasteiger partial charge in [-0.15, -0.1) is 12.4 Å². The van der Waals surface area contributed by atoms with Crippen molar-refractivity contribution in [3.05, 3.63) is 95.1 Å². The quantitative estimate of drug-likeness (QED) is 0.0936. The summed E-state index contributed by atoms with van der Waals surface area (Å²) in [5.74, 6) is 0.0675. The molecule has 0 bridgehead atoms. The summed E-state index contributed by atoms with van der Waals surface area (Å²) in [7, 11) is 2.68. The van der Waals surface area contributed by atoms with E-state index in [1.165, 1.54) is 19.1 Å². The number of halogens is 1. The van der Waals surface area contributed by atoms with E-state index in [-0.39, 0.29) is 38.2 Å². The smallest absolute Gasteiger partial charge is 0.337 e. The number of aliphatic hydroxyl groups is 1. The number of hydrogen-bond acceptors (Lipinski definition) is 12. The SMILES string of the molecule is CCO.COC(=O)c1ccc(OCCCN)cc1.COC(=O)c1ccc(OCCCN2C(=O)c3ccccc3C2=O)cc1.Cl.N=N.[HH]. The molecule has 46 heavy (non-hydrogen) atoms. The van der Waals surface area contributed by atoms with Crippen molar-refractivity contribution < 1.29 is 44.7 Å². The van der Waals surface area contributed by atoms with E-state index < -0.39 is 5.97 Å². The van der Waals surface area contributed by atoms with Crippen LogP contribution in [0.25, 0.3) is 0 Å². The van der Waals surface area contributed by atoms with Crippen LogP contribution < -0.4 is 15.2 Å². The highest BCUT2D eigenvalue weighted by atomic mass is 35.5. The van der Waals surface area contributed by atoms with E-state index in [0.717, 1.165) is 12.2 Å². The molecular formula is C32H43ClN4O9. The normalized spacial score (nSPS) is 10.7. The molecule has 0 saturated heterocycles. The lowest BCUT2D eigenvalue weighted by atomic mass is 10.1. The number of amides is 2. The van der Waals surface area contributed by atoms with Crippen LogP contribution in [0.4, 0.5) is 0 Å². The molecule has 0 radical (unpaired) electrons. The van der Waals surface area contributed by atoms with Crippen LogP contribution in [0.5, 0.6) is 11.5 Å². The van der Waals surface area contributed by atoms with Crippen molar-refractivity contribution in [2.24, 2.45) is 5.73 Å². The van der Waals surface area contributed by atoms with E-state index in [0.29, 0.717) is 60.7 Å². The first-order valence-corrected chi connectivity index (χ1v) is 13.9. The lowest BCUT2D eigenvalue weighted by Gasteiger charge is -2.14. The van der Waals surface area contributed by atoms with Crippen LogP contribution in [0, 0.1) is 11.1 Å². The maximum absolute atomic E-state index is 12.2. The monoisotopic (exact) mass is 662 g/mol. The number of esters is 2. The van der Waals surface area contributed by atoms with Gasteiger partial charge in [-0.1, -0.05) is 12.1 Å². The van der Waals surface area contributed by atoms with Gasteiger partial charge in [0, 0.05) is 14.6 Å². The number of carbonyl (C=O) groups is 4. The molecule has 13 nitrogen and oxygen atoms in total. The molecule has 4 rings (SSSR count). The number of carbonyl (C=O) groups excluding carboxylic acids is 4. The molecule has 1 aliphatic heterocycles. The van der Waals surface area contributed by atoms with Gasteiger partial charge in [-0.2, -0.15) is 0 Å². The topological polar surface area (TPSA) is 202 Å². The third kappa shape index (κ3) is 13.0. The molecule has 14 heteroatoms. The summed E-state index contributed by atoms with van der Waals surface area (Å²) < 4.78 is 20.2. The van der Waals surface area contributed by atoms with Gasteiger partial charge in [0.2, 0.25) is 0 Å². The molecule has 3 aromatic rings. The van der Waals surface area contributed by atoms with Crippen LogP contribution in [-0.4, -0.2) is 80.9 Å². The average molecular weight is 663 g/mol. The molecule has 3 aromatic carbocycles. The fourth-order valence-electron chi connectivity index (χ4n) is 3.74. The van der Waals surface area contributed by atoms with E-state index in [9.17, 15) is 19.2 Å². The predicted molar refractivity (Wildman–Crippen MR) is 174 cm³/mol. The molecule has 2 amide bonds. The number of nitrogens with zero attached hydrogens (tertiary/aromatic N) is 1. The van der Waals surface area contributed by atoms with Gasteiger partial charge >= 0.3 is 11.9 Å². The highest BCUT2D eigenvalue weighted by Gasteiger charge is 2.34. The molecule has 0 unspecified atom stereocenters. The summed E-state index contributed by atoms with van der Waals surface area (Å²) in [6.45, 7) is 3.78. The van der Waals surface area contributed by atoms with Crippen molar-refractivity contribution in [2.45, 2.75) is 19.8 Å². The Morgan fingerprint density at radius 2 is 1.13 bits per heavy atom. The van der Waals surface area contributed by atoms with E-state index in [1.807, 2.05) is 0 Å². The van der Waals surface area contributed by atoms with Gasteiger partial charge in [0.15, 0.2) is 0 Å². The molecular weight excluding hydrogens is 620 g/mol. The van der Waals surface area contributed by atoms with Crippen molar-refractivity contribution in [3.8, 4) is 11.5 Å². The Labute approximate surface area is 275 Å². The Bertz CT molecular complexity index is 1330. The van der Waals surface area contributed by atoms with Gasteiger partial charge in [-0.3, -0.25) is 14.5 Å². The lowest BCUT2D eigenvalue weighted by molar-refractivity contribution is 0.0591. The van der Waals surface area contributed by atoms with E-state index in [1.54, 1.807) is 79.7 Å². The maximum Gasteiger partial charge on any atom is 0.337 e. The summed E-state index contributed by atoms with van der Waals surface area (Å²) in [6.07, 6.45) is 1.34. The zero-order chi connectivity index (χ0) is 33.6. The summed E-state index contributed by atoms with van der Waals surface area (Å²) in [4.78, 5) is 48.1. The van der Waals surface area contributed by atoms with Crippen molar-refractivity contribution >= 4 is 36.2 Å². The molecule has 0 spiro atoms.